The molecule has 0 radical (unpaired) electrons. The molecule has 0 aromatic heterocycles. The van der Waals surface area contributed by atoms with E-state index in [1.807, 2.05) is 84.9 Å². The van der Waals surface area contributed by atoms with Crippen molar-refractivity contribution in [2.75, 3.05) is 40.3 Å². The van der Waals surface area contributed by atoms with Crippen LogP contribution in [0.15, 0.2) is 84.9 Å². The maximum atomic E-state index is 12.6. The number of ketones is 1. The second-order valence-corrected chi connectivity index (χ2v) is 9.07. The van der Waals surface area contributed by atoms with Gasteiger partial charge in [0, 0.05) is 18.4 Å². The number of hydrogen-bond acceptors (Lipinski definition) is 3. The minimum Gasteiger partial charge on any atom is -1.00 e. The van der Waals surface area contributed by atoms with Gasteiger partial charge in [-0.3, -0.25) is 4.79 Å². The third-order valence-corrected chi connectivity index (χ3v) is 6.05. The molecule has 3 aromatic carbocycles. The van der Waals surface area contributed by atoms with Gasteiger partial charge in [-0.25, -0.2) is 0 Å². The van der Waals surface area contributed by atoms with Crippen LogP contribution in [0.25, 0.3) is 0 Å². The molecule has 0 unspecified atom stereocenters. The van der Waals surface area contributed by atoms with Crippen LogP contribution in [0.5, 0.6) is 5.75 Å². The Labute approximate surface area is 227 Å². The van der Waals surface area contributed by atoms with Gasteiger partial charge in [-0.15, -0.1) is 0 Å². The Bertz CT molecular complexity index is 961. The summed E-state index contributed by atoms with van der Waals surface area (Å²) < 4.78 is 5.75. The summed E-state index contributed by atoms with van der Waals surface area (Å²) in [7, 11) is 4.26. The molecule has 36 heavy (non-hydrogen) atoms. The molecule has 0 aliphatic heterocycles. The molecule has 0 atom stereocenters. The summed E-state index contributed by atoms with van der Waals surface area (Å²) in [5, 5.41) is 13.7. The standard InChI is InChI=1S/C29H36N2O3.2ClH/c1-31(2)22-9-23-34-27-16-14-24(15-17-27)28(32)18-20-30-21-19-29(33,25-10-5-3-6-11-25)26-12-7-4-8-13-26;;/h3-8,10-17,30,33H,9,18-23H2,1-2H3;2*1H. The molecule has 196 valence electrons. The third kappa shape index (κ3) is 9.57. The lowest BCUT2D eigenvalue weighted by Crippen LogP contribution is -3.05. The van der Waals surface area contributed by atoms with Crippen molar-refractivity contribution in [3.05, 3.63) is 102 Å². The monoisotopic (exact) mass is 532 g/mol. The molecule has 3 rings (SSSR count). The van der Waals surface area contributed by atoms with E-state index in [1.165, 1.54) is 4.90 Å². The summed E-state index contributed by atoms with van der Waals surface area (Å²) in [6.07, 6.45) is 2.03. The summed E-state index contributed by atoms with van der Waals surface area (Å²) in [6, 6.07) is 27.0. The Balaban J connectivity index is 0.00000324. The molecule has 0 spiro atoms. The van der Waals surface area contributed by atoms with Crippen LogP contribution in [-0.4, -0.2) is 51.2 Å². The Morgan fingerprint density at radius 3 is 1.94 bits per heavy atom. The Hall–Kier alpha value is -2.41. The summed E-state index contributed by atoms with van der Waals surface area (Å²) in [6.45, 7) is 3.16. The predicted molar refractivity (Wildman–Crippen MR) is 135 cm³/mol. The third-order valence-electron chi connectivity index (χ3n) is 6.05. The molecular weight excluding hydrogens is 495 g/mol. The molecule has 0 saturated heterocycles. The summed E-state index contributed by atoms with van der Waals surface area (Å²) in [4.78, 5) is 14.0. The van der Waals surface area contributed by atoms with Gasteiger partial charge >= 0.3 is 0 Å². The molecular formula is C29H38Cl2N2O3. The lowest BCUT2D eigenvalue weighted by Gasteiger charge is -2.28. The summed E-state index contributed by atoms with van der Waals surface area (Å²) >= 11 is 0. The zero-order valence-electron chi connectivity index (χ0n) is 21.1. The Morgan fingerprint density at radius 1 is 0.861 bits per heavy atom. The zero-order valence-corrected chi connectivity index (χ0v) is 22.6. The van der Waals surface area contributed by atoms with Gasteiger partial charge in [-0.1, -0.05) is 60.7 Å². The van der Waals surface area contributed by atoms with E-state index in [0.29, 0.717) is 31.6 Å². The van der Waals surface area contributed by atoms with E-state index in [9.17, 15) is 9.90 Å². The zero-order chi connectivity index (χ0) is 24.2. The number of hydrogen-bond donors (Lipinski definition) is 3. The first-order chi connectivity index (χ1) is 16.5. The van der Waals surface area contributed by atoms with Crippen LogP contribution in [0, 0.1) is 0 Å². The number of benzene rings is 3. The molecule has 5 nitrogen and oxygen atoms in total. The maximum absolute atomic E-state index is 12.6. The molecule has 7 heteroatoms. The van der Waals surface area contributed by atoms with E-state index in [-0.39, 0.29) is 30.6 Å². The van der Waals surface area contributed by atoms with Gasteiger partial charge in [0.15, 0.2) is 5.78 Å². The van der Waals surface area contributed by atoms with Crippen molar-refractivity contribution in [3.8, 4) is 5.75 Å². The number of rotatable bonds is 14. The van der Waals surface area contributed by atoms with E-state index < -0.39 is 5.60 Å². The van der Waals surface area contributed by atoms with Crippen LogP contribution >= 0.6 is 0 Å². The van der Waals surface area contributed by atoms with E-state index in [2.05, 4.69) is 19.4 Å². The number of ether oxygens (including phenoxy) is 1. The molecule has 0 heterocycles. The first kappa shape index (κ1) is 31.6. The van der Waals surface area contributed by atoms with Crippen molar-refractivity contribution < 1.29 is 49.7 Å². The highest BCUT2D eigenvalue weighted by atomic mass is 35.5. The van der Waals surface area contributed by atoms with Crippen molar-refractivity contribution in [2.45, 2.75) is 24.9 Å². The van der Waals surface area contributed by atoms with Crippen LogP contribution in [-0.2, 0) is 5.60 Å². The Kier molecular flexibility index (Phi) is 14.4. The van der Waals surface area contributed by atoms with Gasteiger partial charge in [-0.2, -0.15) is 0 Å². The normalized spacial score (nSPS) is 10.9. The van der Waals surface area contributed by atoms with Crippen LogP contribution in [0.3, 0.4) is 0 Å². The largest absolute Gasteiger partial charge is 1.00 e. The van der Waals surface area contributed by atoms with Gasteiger partial charge in [0.05, 0.1) is 46.8 Å². The van der Waals surface area contributed by atoms with E-state index in [1.54, 1.807) is 0 Å². The van der Waals surface area contributed by atoms with Gasteiger partial charge in [0.25, 0.3) is 0 Å². The number of Topliss-reactive ketones (excluding diaryl/α,β-unsaturated/α-hetero) is 1. The van der Waals surface area contributed by atoms with E-state index in [0.717, 1.165) is 36.4 Å². The van der Waals surface area contributed by atoms with E-state index >= 15 is 0 Å². The highest BCUT2D eigenvalue weighted by Gasteiger charge is 2.31. The van der Waals surface area contributed by atoms with Crippen molar-refractivity contribution in [1.82, 2.24) is 0 Å². The van der Waals surface area contributed by atoms with E-state index in [4.69, 9.17) is 4.74 Å². The minimum absolute atomic E-state index is 0. The summed E-state index contributed by atoms with van der Waals surface area (Å²) in [5.74, 6) is 0.929. The second-order valence-electron chi connectivity index (χ2n) is 9.07. The number of quaternary nitrogens is 2. The quantitative estimate of drug-likeness (QED) is 0.147. The molecule has 4 N–H and O–H groups in total. The highest BCUT2D eigenvalue weighted by Crippen LogP contribution is 2.32. The fourth-order valence-electron chi connectivity index (χ4n) is 4.07. The predicted octanol–water partition coefficient (Wildman–Crippen LogP) is -3.93. The number of nitrogens with one attached hydrogen (secondary N) is 1. The SMILES string of the molecule is C[NH+](C)CCCOc1ccc(C(=O)CC[NH2+]CCC(O)(c2ccccc2)c2ccccc2)cc1.[Cl-].[Cl-]. The lowest BCUT2D eigenvalue weighted by atomic mass is 9.83. The number of carbonyl (C=O) groups is 1. The van der Waals surface area contributed by atoms with Gasteiger partial charge in [0.2, 0.25) is 0 Å². The first-order valence-corrected chi connectivity index (χ1v) is 12.2. The topological polar surface area (TPSA) is 67.6 Å². The highest BCUT2D eigenvalue weighted by molar-refractivity contribution is 5.96. The average Bonchev–Trinajstić information content (AvgIpc) is 2.87. The number of carbonyl (C=O) groups excluding carboxylic acids is 1. The molecule has 3 aromatic rings. The van der Waals surface area contributed by atoms with Crippen LogP contribution in [0.2, 0.25) is 0 Å². The lowest BCUT2D eigenvalue weighted by molar-refractivity contribution is -0.858. The molecule has 0 bridgehead atoms. The molecule has 0 saturated carbocycles. The first-order valence-electron chi connectivity index (χ1n) is 12.2. The van der Waals surface area contributed by atoms with Crippen molar-refractivity contribution in [3.63, 3.8) is 0 Å². The fraction of sp³-hybridized carbons (Fsp3) is 0.345. The average molecular weight is 534 g/mol. The molecule has 0 fully saturated rings. The Morgan fingerprint density at radius 2 is 1.42 bits per heavy atom. The smallest absolute Gasteiger partial charge is 0.168 e. The van der Waals surface area contributed by atoms with Gasteiger partial charge in [-0.05, 0) is 35.4 Å². The molecule has 0 aliphatic rings. The molecule has 0 aliphatic carbocycles. The van der Waals surface area contributed by atoms with Crippen molar-refractivity contribution in [1.29, 1.82) is 0 Å². The fourth-order valence-corrected chi connectivity index (χ4v) is 4.07. The number of aliphatic hydroxyl groups is 1. The summed E-state index contributed by atoms with van der Waals surface area (Å²) in [5.41, 5.74) is 1.43. The number of nitrogens with two attached hydrogens (primary N) is 1. The minimum atomic E-state index is -1.05. The second kappa shape index (κ2) is 16.4. The van der Waals surface area contributed by atoms with Crippen LogP contribution in [0.1, 0.15) is 40.7 Å². The van der Waals surface area contributed by atoms with Crippen LogP contribution in [0.4, 0.5) is 0 Å². The number of halogens is 2. The van der Waals surface area contributed by atoms with Crippen LogP contribution < -0.4 is 39.8 Å². The van der Waals surface area contributed by atoms with Gasteiger partial charge in [0.1, 0.15) is 11.4 Å². The van der Waals surface area contributed by atoms with Gasteiger partial charge < -0.3 is 44.9 Å². The maximum Gasteiger partial charge on any atom is 0.168 e. The van der Waals surface area contributed by atoms with Crippen molar-refractivity contribution >= 4 is 5.78 Å². The van der Waals surface area contributed by atoms with Crippen molar-refractivity contribution in [2.24, 2.45) is 0 Å². The molecule has 0 amide bonds.